The molecule has 4 heteroatoms. The van der Waals surface area contributed by atoms with Gasteiger partial charge in [-0.25, -0.2) is 0 Å². The third-order valence-corrected chi connectivity index (χ3v) is 2.96. The SMILES string of the molecule is O=C(CI)c1cc(CI)ccn1. The zero-order valence-electron chi connectivity index (χ0n) is 6.26. The topological polar surface area (TPSA) is 30.0 Å². The molecule has 12 heavy (non-hydrogen) atoms. The number of aromatic nitrogens is 1. The zero-order chi connectivity index (χ0) is 8.97. The third kappa shape index (κ3) is 2.65. The highest BCUT2D eigenvalue weighted by molar-refractivity contribution is 14.1. The van der Waals surface area contributed by atoms with Gasteiger partial charge in [-0.05, 0) is 17.7 Å². The summed E-state index contributed by atoms with van der Waals surface area (Å²) < 4.78 is 1.41. The molecule has 0 aliphatic heterocycles. The molecular formula is C8H7I2NO. The molecule has 0 aliphatic rings. The number of Topliss-reactive ketones (excluding diaryl/α,β-unsaturated/α-hetero) is 1. The van der Waals surface area contributed by atoms with Crippen molar-refractivity contribution < 1.29 is 4.79 Å². The number of hydrogen-bond donors (Lipinski definition) is 0. The number of nitrogens with zero attached hydrogens (tertiary/aromatic N) is 1. The highest BCUT2D eigenvalue weighted by atomic mass is 127. The minimum atomic E-state index is 0.0994. The molecule has 0 amide bonds. The van der Waals surface area contributed by atoms with Gasteiger partial charge in [-0.3, -0.25) is 9.78 Å². The van der Waals surface area contributed by atoms with Gasteiger partial charge in [0.1, 0.15) is 5.69 Å². The van der Waals surface area contributed by atoms with Gasteiger partial charge in [0.15, 0.2) is 5.78 Å². The Labute approximate surface area is 98.4 Å². The van der Waals surface area contributed by atoms with Crippen molar-refractivity contribution in [3.63, 3.8) is 0 Å². The van der Waals surface area contributed by atoms with E-state index in [-0.39, 0.29) is 5.78 Å². The van der Waals surface area contributed by atoms with Gasteiger partial charge in [-0.2, -0.15) is 0 Å². The van der Waals surface area contributed by atoms with E-state index in [1.165, 1.54) is 0 Å². The summed E-state index contributed by atoms with van der Waals surface area (Å²) in [5.41, 5.74) is 1.73. The molecule has 1 rings (SSSR count). The Bertz CT molecular complexity index is 288. The summed E-state index contributed by atoms with van der Waals surface area (Å²) in [6.07, 6.45) is 1.69. The van der Waals surface area contributed by atoms with Crippen LogP contribution >= 0.6 is 45.2 Å². The van der Waals surface area contributed by atoms with Gasteiger partial charge in [0, 0.05) is 10.6 Å². The van der Waals surface area contributed by atoms with E-state index in [2.05, 4.69) is 27.6 Å². The van der Waals surface area contributed by atoms with Gasteiger partial charge in [0.25, 0.3) is 0 Å². The lowest BCUT2D eigenvalue weighted by molar-refractivity contribution is 0.102. The maximum atomic E-state index is 11.2. The van der Waals surface area contributed by atoms with E-state index in [1.54, 1.807) is 6.20 Å². The van der Waals surface area contributed by atoms with Crippen LogP contribution in [0.5, 0.6) is 0 Å². The Kier molecular flexibility index (Phi) is 4.41. The molecule has 0 aliphatic carbocycles. The van der Waals surface area contributed by atoms with Crippen LogP contribution in [0.4, 0.5) is 0 Å². The molecule has 1 aromatic rings. The Hall–Kier alpha value is 0.280. The highest BCUT2D eigenvalue weighted by Crippen LogP contribution is 2.07. The summed E-state index contributed by atoms with van der Waals surface area (Å²) in [6, 6.07) is 3.78. The van der Waals surface area contributed by atoms with Crippen molar-refractivity contribution in [3.8, 4) is 0 Å². The van der Waals surface area contributed by atoms with Crippen LogP contribution in [0.25, 0.3) is 0 Å². The van der Waals surface area contributed by atoms with Crippen LogP contribution in [-0.4, -0.2) is 15.2 Å². The number of hydrogen-bond acceptors (Lipinski definition) is 2. The smallest absolute Gasteiger partial charge is 0.190 e. The monoisotopic (exact) mass is 387 g/mol. The van der Waals surface area contributed by atoms with E-state index in [9.17, 15) is 4.79 Å². The van der Waals surface area contributed by atoms with Crippen LogP contribution in [0.2, 0.25) is 0 Å². The molecule has 0 unspecified atom stereocenters. The Morgan fingerprint density at radius 1 is 1.50 bits per heavy atom. The molecule has 0 atom stereocenters. The van der Waals surface area contributed by atoms with E-state index < -0.39 is 0 Å². The average Bonchev–Trinajstić information content (AvgIpc) is 2.17. The standard InChI is InChI=1S/C8H7I2NO/c9-4-6-1-2-11-7(3-6)8(12)5-10/h1-3H,4-5H2. The quantitative estimate of drug-likeness (QED) is 0.454. The summed E-state index contributed by atoms with van der Waals surface area (Å²) in [5, 5.41) is 0. The normalized spacial score (nSPS) is 9.83. The van der Waals surface area contributed by atoms with Crippen molar-refractivity contribution in [2.75, 3.05) is 4.43 Å². The van der Waals surface area contributed by atoms with Crippen LogP contribution in [0.1, 0.15) is 16.1 Å². The zero-order valence-corrected chi connectivity index (χ0v) is 10.6. The first-order chi connectivity index (χ1) is 5.77. The molecule has 1 heterocycles. The fraction of sp³-hybridized carbons (Fsp3) is 0.250. The van der Waals surface area contributed by atoms with Crippen molar-refractivity contribution in [3.05, 3.63) is 29.6 Å². The second-order valence-electron chi connectivity index (χ2n) is 2.24. The van der Waals surface area contributed by atoms with Gasteiger partial charge in [0.2, 0.25) is 0 Å². The number of pyridine rings is 1. The van der Waals surface area contributed by atoms with E-state index in [0.717, 1.165) is 9.99 Å². The summed E-state index contributed by atoms with van der Waals surface area (Å²) in [7, 11) is 0. The van der Waals surface area contributed by atoms with Gasteiger partial charge in [0.05, 0.1) is 4.43 Å². The molecule has 0 bridgehead atoms. The van der Waals surface area contributed by atoms with Crippen LogP contribution in [0, 0.1) is 0 Å². The lowest BCUT2D eigenvalue weighted by Gasteiger charge is -1.98. The largest absolute Gasteiger partial charge is 0.292 e. The number of rotatable bonds is 3. The molecule has 0 fully saturated rings. The summed E-state index contributed by atoms with van der Waals surface area (Å²) in [5.74, 6) is 0.0994. The van der Waals surface area contributed by atoms with Gasteiger partial charge in [-0.15, -0.1) is 0 Å². The number of carbonyl (C=O) groups excluding carboxylic acids is 1. The lowest BCUT2D eigenvalue weighted by atomic mass is 10.2. The van der Waals surface area contributed by atoms with Gasteiger partial charge in [-0.1, -0.05) is 45.2 Å². The van der Waals surface area contributed by atoms with E-state index in [1.807, 2.05) is 34.7 Å². The first kappa shape index (κ1) is 10.4. The molecule has 2 nitrogen and oxygen atoms in total. The Balaban J connectivity index is 2.93. The number of ketones is 1. The molecule has 1 aromatic heterocycles. The molecule has 0 saturated heterocycles. The maximum Gasteiger partial charge on any atom is 0.190 e. The van der Waals surface area contributed by atoms with Crippen LogP contribution in [0.15, 0.2) is 18.3 Å². The van der Waals surface area contributed by atoms with Gasteiger partial charge < -0.3 is 0 Å². The first-order valence-corrected chi connectivity index (χ1v) is 6.43. The Morgan fingerprint density at radius 3 is 2.83 bits per heavy atom. The predicted octanol–water partition coefficient (Wildman–Crippen LogP) is 2.63. The average molecular weight is 387 g/mol. The highest BCUT2D eigenvalue weighted by Gasteiger charge is 2.04. The van der Waals surface area contributed by atoms with E-state index in [0.29, 0.717) is 10.1 Å². The predicted molar refractivity (Wildman–Crippen MR) is 65.2 cm³/mol. The van der Waals surface area contributed by atoms with Crippen LogP contribution < -0.4 is 0 Å². The third-order valence-electron chi connectivity index (χ3n) is 1.39. The van der Waals surface area contributed by atoms with E-state index >= 15 is 0 Å². The minimum absolute atomic E-state index is 0.0994. The first-order valence-electron chi connectivity index (χ1n) is 3.38. The fourth-order valence-electron chi connectivity index (χ4n) is 0.778. The number of carbonyl (C=O) groups is 1. The fourth-order valence-corrected chi connectivity index (χ4v) is 1.64. The number of halogens is 2. The maximum absolute atomic E-state index is 11.2. The summed E-state index contributed by atoms with van der Waals surface area (Å²) >= 11 is 4.31. The molecule has 0 radical (unpaired) electrons. The van der Waals surface area contributed by atoms with Gasteiger partial charge >= 0.3 is 0 Å². The van der Waals surface area contributed by atoms with Crippen molar-refractivity contribution in [1.29, 1.82) is 0 Å². The molecule has 0 spiro atoms. The molecule has 0 aromatic carbocycles. The molecule has 0 N–H and O–H groups in total. The van der Waals surface area contributed by atoms with Crippen molar-refractivity contribution in [2.24, 2.45) is 0 Å². The Morgan fingerprint density at radius 2 is 2.25 bits per heavy atom. The van der Waals surface area contributed by atoms with Crippen molar-refractivity contribution in [1.82, 2.24) is 4.98 Å². The molecular weight excluding hydrogens is 380 g/mol. The molecule has 0 saturated carbocycles. The summed E-state index contributed by atoms with van der Waals surface area (Å²) in [6.45, 7) is 0. The van der Waals surface area contributed by atoms with Crippen molar-refractivity contribution in [2.45, 2.75) is 4.43 Å². The minimum Gasteiger partial charge on any atom is -0.292 e. The van der Waals surface area contributed by atoms with Crippen LogP contribution in [0.3, 0.4) is 0 Å². The second kappa shape index (κ2) is 5.11. The van der Waals surface area contributed by atoms with Crippen molar-refractivity contribution >= 4 is 51.0 Å². The second-order valence-corrected chi connectivity index (χ2v) is 3.77. The summed E-state index contributed by atoms with van der Waals surface area (Å²) in [4.78, 5) is 15.2. The lowest BCUT2D eigenvalue weighted by Crippen LogP contribution is -2.03. The number of alkyl halides is 2. The van der Waals surface area contributed by atoms with Crippen LogP contribution in [-0.2, 0) is 4.43 Å². The molecule has 64 valence electrons. The van der Waals surface area contributed by atoms with E-state index in [4.69, 9.17) is 0 Å².